The lowest BCUT2D eigenvalue weighted by Crippen LogP contribution is -3.10. The molecule has 1 aromatic rings. The van der Waals surface area contributed by atoms with Gasteiger partial charge in [-0.15, -0.1) is 22.9 Å². The molecule has 1 aliphatic heterocycles. The number of hydrogen-bond acceptors (Lipinski definition) is 4. The number of rotatable bonds is 4. The number of nitrogens with one attached hydrogen (secondary N) is 1. The molecule has 0 unspecified atom stereocenters. The molecule has 1 fully saturated rings. The first-order chi connectivity index (χ1) is 11.0. The number of carboxylic acid groups (broad SMARTS) is 2. The number of carboxylic acids is 2. The van der Waals surface area contributed by atoms with E-state index in [1.807, 2.05) is 11.3 Å². The molecule has 23 heavy (non-hydrogen) atoms. The second kappa shape index (κ2) is 10.4. The van der Waals surface area contributed by atoms with Crippen LogP contribution in [0.15, 0.2) is 23.6 Å². The highest BCUT2D eigenvalue weighted by molar-refractivity contribution is 7.11. The summed E-state index contributed by atoms with van der Waals surface area (Å²) in [6.45, 7) is 2.60. The molecule has 0 spiro atoms. The summed E-state index contributed by atoms with van der Waals surface area (Å²) in [7, 11) is 2.30. The molecule has 0 aliphatic carbocycles. The lowest BCUT2D eigenvalue weighted by molar-refractivity contribution is -0.885. The molecule has 2 N–H and O–H groups in total. The highest BCUT2D eigenvalue weighted by Gasteiger charge is 2.23. The number of alkyl halides is 1. The first-order valence-corrected chi connectivity index (χ1v) is 8.92. The summed E-state index contributed by atoms with van der Waals surface area (Å²) in [6.07, 6.45) is 5.99. The van der Waals surface area contributed by atoms with Gasteiger partial charge in [0.25, 0.3) is 0 Å². The van der Waals surface area contributed by atoms with Crippen LogP contribution in [0.3, 0.4) is 0 Å². The van der Waals surface area contributed by atoms with Gasteiger partial charge in [0.05, 0.1) is 20.1 Å². The zero-order chi connectivity index (χ0) is 17.2. The van der Waals surface area contributed by atoms with E-state index in [-0.39, 0.29) is 0 Å². The second-order valence-corrected chi connectivity index (χ2v) is 6.76. The molecule has 7 heteroatoms. The molecule has 2 rings (SSSR count). The molecule has 0 aromatic carbocycles. The number of halogens is 1. The molecule has 1 aromatic heterocycles. The monoisotopic (exact) mass is 359 g/mol. The molecule has 5 nitrogen and oxygen atoms in total. The van der Waals surface area contributed by atoms with Crippen LogP contribution in [0.2, 0.25) is 0 Å². The third-order valence-electron chi connectivity index (χ3n) is 3.73. The van der Waals surface area contributed by atoms with E-state index >= 15 is 0 Å². The summed E-state index contributed by atoms with van der Waals surface area (Å²) in [5.41, 5.74) is 1.55. The number of quaternary nitrogens is 1. The van der Waals surface area contributed by atoms with E-state index < -0.39 is 11.9 Å². The topological polar surface area (TPSA) is 81.9 Å². The van der Waals surface area contributed by atoms with Crippen molar-refractivity contribution in [3.63, 3.8) is 0 Å². The number of hydrogen-bond donors (Lipinski definition) is 2. The predicted octanol–water partition coefficient (Wildman–Crippen LogP) is 0.506. The summed E-state index contributed by atoms with van der Waals surface area (Å²) in [4.78, 5) is 21.1. The lowest BCUT2D eigenvalue weighted by Gasteiger charge is -2.28. The van der Waals surface area contributed by atoms with Crippen LogP contribution in [-0.4, -0.2) is 43.1 Å². The number of thiophene rings is 1. The summed E-state index contributed by atoms with van der Waals surface area (Å²) in [6, 6.07) is 4.39. The maximum atomic E-state index is 9.04. The third-order valence-corrected chi connectivity index (χ3v) is 4.87. The van der Waals surface area contributed by atoms with Gasteiger partial charge in [0.1, 0.15) is 0 Å². The standard InChI is InChI=1S/C14H20ClNS.C2H2O4/c1-16-9-6-12(7-10-16)13(4-2-8-15)14-5-3-11-17-14;3-1(4)2(5)6/h3-5,11-12H,2,6-10H2,1H3;(H,3,4)(H,5,6)/b13-4+;. The van der Waals surface area contributed by atoms with E-state index in [0.717, 1.165) is 18.2 Å². The fourth-order valence-electron chi connectivity index (χ4n) is 2.54. The Kier molecular flexibility index (Phi) is 8.91. The Balaban J connectivity index is 0.000000379. The summed E-state index contributed by atoms with van der Waals surface area (Å²) in [5.74, 6) is -2.53. The van der Waals surface area contributed by atoms with Crippen LogP contribution in [0, 0.1) is 5.92 Å². The van der Waals surface area contributed by atoms with Gasteiger partial charge in [0, 0.05) is 23.6 Å². The molecule has 0 saturated carbocycles. The number of carbonyl (C=O) groups excluding carboxylic acids is 1. The van der Waals surface area contributed by atoms with Gasteiger partial charge in [0.2, 0.25) is 0 Å². The molecule has 0 amide bonds. The fourth-order valence-corrected chi connectivity index (χ4v) is 3.50. The van der Waals surface area contributed by atoms with Gasteiger partial charge in [-0.25, -0.2) is 4.79 Å². The number of likely N-dealkylation sites (tertiary alicyclic amines) is 1. The van der Waals surface area contributed by atoms with Crippen molar-refractivity contribution in [3.05, 3.63) is 28.5 Å². The highest BCUT2D eigenvalue weighted by atomic mass is 35.5. The quantitative estimate of drug-likeness (QED) is 0.606. The first kappa shape index (κ1) is 19.7. The van der Waals surface area contributed by atoms with Gasteiger partial charge in [-0.1, -0.05) is 12.1 Å². The second-order valence-electron chi connectivity index (χ2n) is 5.44. The Morgan fingerprint density at radius 2 is 2.09 bits per heavy atom. The highest BCUT2D eigenvalue weighted by Crippen LogP contribution is 2.32. The Hall–Kier alpha value is -1.37. The molecule has 0 radical (unpaired) electrons. The van der Waals surface area contributed by atoms with Crippen LogP contribution >= 0.6 is 22.9 Å². The SMILES string of the molecule is C[NH+]1CCC(/C(=C\CCCl)c2cccs2)CC1.O=C([O-])C(=O)O. The van der Waals surface area contributed by atoms with E-state index in [2.05, 4.69) is 30.6 Å². The van der Waals surface area contributed by atoms with Crippen molar-refractivity contribution in [1.82, 2.24) is 0 Å². The van der Waals surface area contributed by atoms with Crippen LogP contribution in [0.1, 0.15) is 24.1 Å². The average Bonchev–Trinajstić information content (AvgIpc) is 3.04. The maximum absolute atomic E-state index is 9.04. The van der Waals surface area contributed by atoms with E-state index in [9.17, 15) is 0 Å². The van der Waals surface area contributed by atoms with Gasteiger partial charge in [-0.05, 0) is 29.4 Å². The van der Waals surface area contributed by atoms with Crippen molar-refractivity contribution in [2.24, 2.45) is 5.92 Å². The summed E-state index contributed by atoms with van der Waals surface area (Å²) < 4.78 is 0. The van der Waals surface area contributed by atoms with Crippen LogP contribution < -0.4 is 10.0 Å². The Morgan fingerprint density at radius 1 is 1.48 bits per heavy atom. The van der Waals surface area contributed by atoms with Crippen molar-refractivity contribution in [1.29, 1.82) is 0 Å². The molecule has 128 valence electrons. The Labute approximate surface area is 145 Å². The van der Waals surface area contributed by atoms with Crippen molar-refractivity contribution in [2.45, 2.75) is 19.3 Å². The summed E-state index contributed by atoms with van der Waals surface area (Å²) >= 11 is 7.68. The van der Waals surface area contributed by atoms with Crippen molar-refractivity contribution >= 4 is 40.4 Å². The molecule has 0 atom stereocenters. The zero-order valence-electron chi connectivity index (χ0n) is 13.1. The molecule has 0 bridgehead atoms. The zero-order valence-corrected chi connectivity index (χ0v) is 14.7. The molecular formula is C16H22ClNO4S. The number of carbonyl (C=O) groups is 2. The minimum atomic E-state index is -2.07. The van der Waals surface area contributed by atoms with E-state index in [4.69, 9.17) is 31.4 Å². The third kappa shape index (κ3) is 7.16. The molecular weight excluding hydrogens is 338 g/mol. The lowest BCUT2D eigenvalue weighted by atomic mass is 9.88. The van der Waals surface area contributed by atoms with Crippen LogP contribution in [0.4, 0.5) is 0 Å². The van der Waals surface area contributed by atoms with Gasteiger partial charge in [-0.2, -0.15) is 0 Å². The van der Waals surface area contributed by atoms with E-state index in [0.29, 0.717) is 0 Å². The first-order valence-electron chi connectivity index (χ1n) is 7.51. The van der Waals surface area contributed by atoms with Gasteiger partial charge >= 0.3 is 5.97 Å². The van der Waals surface area contributed by atoms with Crippen LogP contribution in [-0.2, 0) is 9.59 Å². The average molecular weight is 360 g/mol. The van der Waals surface area contributed by atoms with Crippen LogP contribution in [0.25, 0.3) is 5.57 Å². The normalized spacial score (nSPS) is 21.2. The predicted molar refractivity (Wildman–Crippen MR) is 89.6 cm³/mol. The Morgan fingerprint density at radius 3 is 2.52 bits per heavy atom. The largest absolute Gasteiger partial charge is 0.539 e. The van der Waals surface area contributed by atoms with Crippen molar-refractivity contribution < 1.29 is 24.7 Å². The Bertz CT molecular complexity index is 510. The van der Waals surface area contributed by atoms with Gasteiger partial charge < -0.3 is 19.9 Å². The molecule has 1 aliphatic rings. The van der Waals surface area contributed by atoms with E-state index in [1.54, 1.807) is 10.5 Å². The van der Waals surface area contributed by atoms with Crippen LogP contribution in [0.5, 0.6) is 0 Å². The smallest absolute Gasteiger partial charge is 0.351 e. The number of aliphatic carboxylic acids is 2. The minimum Gasteiger partial charge on any atom is -0.539 e. The maximum Gasteiger partial charge on any atom is 0.351 e. The minimum absolute atomic E-state index is 0.729. The van der Waals surface area contributed by atoms with Gasteiger partial charge in [-0.3, -0.25) is 0 Å². The van der Waals surface area contributed by atoms with Crippen molar-refractivity contribution in [2.75, 3.05) is 26.0 Å². The fraction of sp³-hybridized carbons (Fsp3) is 0.500. The number of piperidine rings is 1. The van der Waals surface area contributed by atoms with E-state index in [1.165, 1.54) is 30.8 Å². The van der Waals surface area contributed by atoms with Gasteiger partial charge in [0.15, 0.2) is 5.97 Å². The molecule has 1 saturated heterocycles. The number of allylic oxidation sites excluding steroid dienone is 2. The molecule has 2 heterocycles. The van der Waals surface area contributed by atoms with Crippen molar-refractivity contribution in [3.8, 4) is 0 Å². The summed E-state index contributed by atoms with van der Waals surface area (Å²) in [5, 5.41) is 18.5.